The highest BCUT2D eigenvalue weighted by molar-refractivity contribution is 6.35. The number of carbonyl (C=O) groups is 3. The molecule has 128 valence electrons. The van der Waals surface area contributed by atoms with Crippen LogP contribution in [0.2, 0.25) is 10.0 Å². The molecule has 0 spiro atoms. The van der Waals surface area contributed by atoms with E-state index in [-0.39, 0.29) is 11.8 Å². The van der Waals surface area contributed by atoms with Crippen LogP contribution in [0.3, 0.4) is 0 Å². The van der Waals surface area contributed by atoms with Crippen molar-refractivity contribution in [1.29, 1.82) is 0 Å². The van der Waals surface area contributed by atoms with Gasteiger partial charge in [-0.05, 0) is 24.6 Å². The van der Waals surface area contributed by atoms with E-state index in [2.05, 4.69) is 0 Å². The molecule has 24 heavy (non-hydrogen) atoms. The third kappa shape index (κ3) is 3.49. The number of nitrogens with zero attached hydrogens (tertiary/aromatic N) is 2. The lowest BCUT2D eigenvalue weighted by Gasteiger charge is -2.35. The summed E-state index contributed by atoms with van der Waals surface area (Å²) in [6.07, 6.45) is 0.411. The number of piperazine rings is 1. The minimum atomic E-state index is -0.917. The molecule has 0 bridgehead atoms. The van der Waals surface area contributed by atoms with Gasteiger partial charge in [-0.15, -0.1) is 0 Å². The molecule has 1 aromatic carbocycles. The molecule has 2 amide bonds. The summed E-state index contributed by atoms with van der Waals surface area (Å²) in [6.45, 7) is 1.61. The zero-order valence-corrected chi connectivity index (χ0v) is 14.3. The fraction of sp³-hybridized carbons (Fsp3) is 0.438. The molecule has 2 atom stereocenters. The Kier molecular flexibility index (Phi) is 4.69. The van der Waals surface area contributed by atoms with E-state index in [1.807, 2.05) is 0 Å². The van der Waals surface area contributed by atoms with Gasteiger partial charge in [-0.25, -0.2) is 0 Å². The van der Waals surface area contributed by atoms with Gasteiger partial charge in [0, 0.05) is 41.8 Å². The average Bonchev–Trinajstić information content (AvgIpc) is 3.33. The van der Waals surface area contributed by atoms with Crippen LogP contribution in [0.15, 0.2) is 18.2 Å². The molecular formula is C16H16Cl2N2O4. The van der Waals surface area contributed by atoms with Crippen molar-refractivity contribution in [3.05, 3.63) is 33.8 Å². The third-order valence-electron chi connectivity index (χ3n) is 4.41. The second-order valence-electron chi connectivity index (χ2n) is 6.06. The summed E-state index contributed by atoms with van der Waals surface area (Å²) in [6, 6.07) is 4.69. The Balaban J connectivity index is 1.58. The van der Waals surface area contributed by atoms with Gasteiger partial charge < -0.3 is 14.9 Å². The van der Waals surface area contributed by atoms with Gasteiger partial charge in [0.05, 0.1) is 11.8 Å². The van der Waals surface area contributed by atoms with Crippen LogP contribution in [-0.4, -0.2) is 58.9 Å². The number of carboxylic acids is 1. The molecule has 1 heterocycles. The molecule has 3 rings (SSSR count). The Morgan fingerprint density at radius 2 is 1.46 bits per heavy atom. The van der Waals surface area contributed by atoms with Gasteiger partial charge >= 0.3 is 5.97 Å². The largest absolute Gasteiger partial charge is 0.481 e. The molecule has 1 saturated carbocycles. The van der Waals surface area contributed by atoms with Crippen molar-refractivity contribution in [2.24, 2.45) is 11.8 Å². The van der Waals surface area contributed by atoms with Crippen LogP contribution in [0.1, 0.15) is 16.8 Å². The summed E-state index contributed by atoms with van der Waals surface area (Å²) < 4.78 is 0. The molecule has 0 aromatic heterocycles. The van der Waals surface area contributed by atoms with E-state index in [1.54, 1.807) is 28.0 Å². The predicted octanol–water partition coefficient (Wildman–Crippen LogP) is 2.00. The van der Waals surface area contributed by atoms with E-state index in [1.165, 1.54) is 0 Å². The Morgan fingerprint density at radius 3 is 1.96 bits per heavy atom. The lowest BCUT2D eigenvalue weighted by Crippen LogP contribution is -2.51. The molecule has 1 aliphatic carbocycles. The maximum Gasteiger partial charge on any atom is 0.307 e. The molecule has 1 aliphatic heterocycles. The molecule has 2 unspecified atom stereocenters. The van der Waals surface area contributed by atoms with Crippen molar-refractivity contribution in [3.8, 4) is 0 Å². The van der Waals surface area contributed by atoms with E-state index in [9.17, 15) is 14.4 Å². The number of benzene rings is 1. The maximum absolute atomic E-state index is 12.5. The van der Waals surface area contributed by atoms with Crippen molar-refractivity contribution in [2.75, 3.05) is 26.2 Å². The Labute approximate surface area is 148 Å². The lowest BCUT2D eigenvalue weighted by molar-refractivity contribution is -0.142. The molecule has 8 heteroatoms. The third-order valence-corrected chi connectivity index (χ3v) is 4.85. The Morgan fingerprint density at radius 1 is 0.917 bits per heavy atom. The Bertz CT molecular complexity index is 681. The van der Waals surface area contributed by atoms with Gasteiger partial charge in [0.2, 0.25) is 5.91 Å². The number of carboxylic acid groups (broad SMARTS) is 1. The van der Waals surface area contributed by atoms with Gasteiger partial charge in [0.15, 0.2) is 0 Å². The van der Waals surface area contributed by atoms with E-state index in [4.69, 9.17) is 28.3 Å². The second kappa shape index (κ2) is 6.61. The van der Waals surface area contributed by atoms with Gasteiger partial charge in [-0.3, -0.25) is 14.4 Å². The zero-order valence-electron chi connectivity index (χ0n) is 12.7. The van der Waals surface area contributed by atoms with Gasteiger partial charge in [0.25, 0.3) is 5.91 Å². The summed E-state index contributed by atoms with van der Waals surface area (Å²) in [5, 5.41) is 9.70. The average molecular weight is 371 g/mol. The van der Waals surface area contributed by atoms with E-state index in [0.29, 0.717) is 48.2 Å². The highest BCUT2D eigenvalue weighted by atomic mass is 35.5. The molecule has 1 aromatic rings. The van der Waals surface area contributed by atoms with E-state index < -0.39 is 17.8 Å². The smallest absolute Gasteiger partial charge is 0.307 e. The van der Waals surface area contributed by atoms with Crippen LogP contribution in [0.25, 0.3) is 0 Å². The minimum absolute atomic E-state index is 0.125. The quantitative estimate of drug-likeness (QED) is 0.882. The first-order chi connectivity index (χ1) is 11.4. The summed E-state index contributed by atoms with van der Waals surface area (Å²) in [5.74, 6) is -2.18. The van der Waals surface area contributed by atoms with E-state index >= 15 is 0 Å². The molecule has 2 aliphatic rings. The molecule has 1 saturated heterocycles. The first kappa shape index (κ1) is 17.0. The standard InChI is InChI=1S/C16H16Cl2N2O4/c17-10-5-9(6-11(18)7-10)14(21)19-1-3-20(4-2-19)15(22)12-8-13(12)16(23)24/h5-7,12-13H,1-4,8H2,(H,23,24). The molecule has 2 fully saturated rings. The number of amides is 2. The van der Waals surface area contributed by atoms with Crippen LogP contribution >= 0.6 is 23.2 Å². The van der Waals surface area contributed by atoms with Crippen molar-refractivity contribution in [2.45, 2.75) is 6.42 Å². The highest BCUT2D eigenvalue weighted by Gasteiger charge is 2.50. The van der Waals surface area contributed by atoms with Crippen LogP contribution < -0.4 is 0 Å². The van der Waals surface area contributed by atoms with Gasteiger partial charge in [-0.2, -0.15) is 0 Å². The van der Waals surface area contributed by atoms with Gasteiger partial charge in [0.1, 0.15) is 0 Å². The second-order valence-corrected chi connectivity index (χ2v) is 6.94. The maximum atomic E-state index is 12.5. The minimum Gasteiger partial charge on any atom is -0.481 e. The molecule has 0 radical (unpaired) electrons. The summed E-state index contributed by atoms with van der Waals surface area (Å²) in [5.41, 5.74) is 0.417. The fourth-order valence-electron chi connectivity index (χ4n) is 2.97. The Hall–Kier alpha value is -1.79. The molecule has 1 N–H and O–H groups in total. The van der Waals surface area contributed by atoms with Crippen LogP contribution in [0, 0.1) is 11.8 Å². The normalized spacial score (nSPS) is 23.1. The first-order valence-corrected chi connectivity index (χ1v) is 8.39. The number of halogens is 2. The SMILES string of the molecule is O=C(O)C1CC1C(=O)N1CCN(C(=O)c2cc(Cl)cc(Cl)c2)CC1. The molecule has 6 nitrogen and oxygen atoms in total. The highest BCUT2D eigenvalue weighted by Crippen LogP contribution is 2.40. The van der Waals surface area contributed by atoms with Crippen LogP contribution in [0.5, 0.6) is 0 Å². The number of rotatable bonds is 3. The number of aliphatic carboxylic acids is 1. The van der Waals surface area contributed by atoms with Crippen LogP contribution in [0.4, 0.5) is 0 Å². The van der Waals surface area contributed by atoms with Crippen molar-refractivity contribution in [1.82, 2.24) is 9.80 Å². The monoisotopic (exact) mass is 370 g/mol. The lowest BCUT2D eigenvalue weighted by atomic mass is 10.1. The number of carbonyl (C=O) groups excluding carboxylic acids is 2. The fourth-order valence-corrected chi connectivity index (χ4v) is 3.49. The number of hydrogen-bond acceptors (Lipinski definition) is 3. The van der Waals surface area contributed by atoms with Crippen molar-refractivity contribution < 1.29 is 19.5 Å². The summed E-state index contributed by atoms with van der Waals surface area (Å²) in [4.78, 5) is 38.9. The topological polar surface area (TPSA) is 77.9 Å². The first-order valence-electron chi connectivity index (χ1n) is 7.64. The van der Waals surface area contributed by atoms with Crippen LogP contribution in [-0.2, 0) is 9.59 Å². The van der Waals surface area contributed by atoms with Gasteiger partial charge in [-0.1, -0.05) is 23.2 Å². The molecular weight excluding hydrogens is 355 g/mol. The summed E-state index contributed by atoms with van der Waals surface area (Å²) in [7, 11) is 0. The zero-order chi connectivity index (χ0) is 17.4. The van der Waals surface area contributed by atoms with Crippen molar-refractivity contribution >= 4 is 41.0 Å². The number of hydrogen-bond donors (Lipinski definition) is 1. The predicted molar refractivity (Wildman–Crippen MR) is 88.2 cm³/mol. The van der Waals surface area contributed by atoms with Crippen molar-refractivity contribution in [3.63, 3.8) is 0 Å². The summed E-state index contributed by atoms with van der Waals surface area (Å²) >= 11 is 11.8. The van der Waals surface area contributed by atoms with E-state index in [0.717, 1.165) is 0 Å².